The maximum absolute atomic E-state index is 14.3. The van der Waals surface area contributed by atoms with E-state index in [4.69, 9.17) is 18.9 Å². The number of ether oxygens (including phenoxy) is 4. The summed E-state index contributed by atoms with van der Waals surface area (Å²) in [6.45, 7) is 2.92. The fourth-order valence-electron chi connectivity index (χ4n) is 5.51. The second-order valence-electron chi connectivity index (χ2n) is 9.45. The minimum atomic E-state index is -1.15. The van der Waals surface area contributed by atoms with Crippen LogP contribution in [-0.4, -0.2) is 38.9 Å². The number of hydrogen-bond donors (Lipinski definition) is 1. The maximum Gasteiger partial charge on any atom is 0.256 e. The third kappa shape index (κ3) is 3.58. The molecule has 0 radical (unpaired) electrons. The molecule has 0 saturated carbocycles. The van der Waals surface area contributed by atoms with Crippen LogP contribution in [0.1, 0.15) is 47.7 Å². The molecule has 1 spiro atoms. The third-order valence-electron chi connectivity index (χ3n) is 7.31. The highest BCUT2D eigenvalue weighted by atomic mass is 16.7. The summed E-state index contributed by atoms with van der Waals surface area (Å²) in [5.41, 5.74) is 1.98. The van der Waals surface area contributed by atoms with Crippen molar-refractivity contribution in [2.75, 3.05) is 37.3 Å². The number of rotatable bonds is 7. The predicted octanol–water partition coefficient (Wildman–Crippen LogP) is 4.89. The van der Waals surface area contributed by atoms with Crippen molar-refractivity contribution in [1.82, 2.24) is 0 Å². The van der Waals surface area contributed by atoms with Gasteiger partial charge in [0.1, 0.15) is 23.5 Å². The number of carbonyl (C=O) groups excluding carboxylic acids is 2. The van der Waals surface area contributed by atoms with Gasteiger partial charge in [-0.25, -0.2) is 0 Å². The molecule has 1 atom stereocenters. The number of anilines is 2. The normalized spacial score (nSPS) is 18.5. The van der Waals surface area contributed by atoms with Crippen LogP contribution in [0.5, 0.6) is 23.0 Å². The van der Waals surface area contributed by atoms with Crippen LogP contribution < -0.4 is 29.2 Å². The van der Waals surface area contributed by atoms with Gasteiger partial charge in [-0.05, 0) is 36.8 Å². The molecule has 0 aromatic heterocycles. The highest BCUT2D eigenvalue weighted by molar-refractivity contribution is 6.17. The van der Waals surface area contributed by atoms with Crippen LogP contribution in [0.2, 0.25) is 0 Å². The van der Waals surface area contributed by atoms with E-state index in [-0.39, 0.29) is 25.2 Å². The summed E-state index contributed by atoms with van der Waals surface area (Å²) in [4.78, 5) is 29.8. The first-order valence-electron chi connectivity index (χ1n) is 12.5. The number of nitrogens with zero attached hydrogens (tertiary/aromatic N) is 1. The summed E-state index contributed by atoms with van der Waals surface area (Å²) in [6.07, 6.45) is 2.92. The van der Waals surface area contributed by atoms with Gasteiger partial charge in [-0.2, -0.15) is 0 Å². The summed E-state index contributed by atoms with van der Waals surface area (Å²) in [7, 11) is 1.58. The summed E-state index contributed by atoms with van der Waals surface area (Å²) in [5, 5.41) is 2.98. The highest BCUT2D eigenvalue weighted by Gasteiger charge is 2.58. The molecule has 190 valence electrons. The number of fused-ring (bicyclic) bond motifs is 5. The Morgan fingerprint density at radius 1 is 1.03 bits per heavy atom. The van der Waals surface area contributed by atoms with Crippen LogP contribution >= 0.6 is 0 Å². The minimum absolute atomic E-state index is 0.0853. The molecule has 1 unspecified atom stereocenters. The van der Waals surface area contributed by atoms with E-state index in [1.807, 2.05) is 35.2 Å². The largest absolute Gasteiger partial charge is 0.497 e. The van der Waals surface area contributed by atoms with E-state index in [9.17, 15) is 9.59 Å². The molecule has 8 nitrogen and oxygen atoms in total. The van der Waals surface area contributed by atoms with Gasteiger partial charge in [0.15, 0.2) is 11.5 Å². The summed E-state index contributed by atoms with van der Waals surface area (Å²) < 4.78 is 22.6. The van der Waals surface area contributed by atoms with Crippen LogP contribution in [0.4, 0.5) is 11.4 Å². The van der Waals surface area contributed by atoms with E-state index in [0.29, 0.717) is 51.9 Å². The second-order valence-corrected chi connectivity index (χ2v) is 9.45. The number of carbonyl (C=O) groups is 2. The van der Waals surface area contributed by atoms with E-state index >= 15 is 0 Å². The fourth-order valence-corrected chi connectivity index (χ4v) is 5.51. The first-order chi connectivity index (χ1) is 18.1. The zero-order valence-corrected chi connectivity index (χ0v) is 20.8. The maximum atomic E-state index is 14.3. The van der Waals surface area contributed by atoms with Crippen molar-refractivity contribution in [2.45, 2.75) is 31.6 Å². The molecular weight excluding hydrogens is 472 g/mol. The number of amides is 2. The SMILES string of the molecule is CCCCCN1C(=O)C2(COc3cc4c(cc32)OCO4)c2c(C(=O)Nc3cccc(OC)c3)cccc21. The number of hydrogen-bond acceptors (Lipinski definition) is 6. The Bertz CT molecular complexity index is 1400. The van der Waals surface area contributed by atoms with E-state index < -0.39 is 5.41 Å². The van der Waals surface area contributed by atoms with Crippen molar-refractivity contribution in [1.29, 1.82) is 0 Å². The van der Waals surface area contributed by atoms with Crippen molar-refractivity contribution < 1.29 is 28.5 Å². The average molecular weight is 501 g/mol. The molecule has 3 aromatic rings. The standard InChI is InChI=1S/C29H28N2O6/c1-3-4-5-12-31-22-11-7-10-20(27(32)30-18-8-6-9-19(13-18)34-2)26(22)29(28(31)33)16-35-23-15-25-24(14-21(23)29)36-17-37-25/h6-11,13-15H,3-5,12,16-17H2,1-2H3,(H,30,32). The Hall–Kier alpha value is -4.20. The molecule has 3 aromatic carbocycles. The molecule has 3 aliphatic rings. The molecular formula is C29H28N2O6. The zero-order chi connectivity index (χ0) is 25.6. The molecule has 0 bridgehead atoms. The number of benzene rings is 3. The average Bonchev–Trinajstić information content (AvgIpc) is 3.59. The van der Waals surface area contributed by atoms with Crippen LogP contribution in [0.25, 0.3) is 0 Å². The highest BCUT2D eigenvalue weighted by Crippen LogP contribution is 2.56. The Labute approximate surface area is 215 Å². The smallest absolute Gasteiger partial charge is 0.256 e. The van der Waals surface area contributed by atoms with Gasteiger partial charge in [0, 0.05) is 46.7 Å². The van der Waals surface area contributed by atoms with Gasteiger partial charge in [-0.1, -0.05) is 31.9 Å². The molecule has 1 N–H and O–H groups in total. The fraction of sp³-hybridized carbons (Fsp3) is 0.310. The van der Waals surface area contributed by atoms with Gasteiger partial charge in [0.2, 0.25) is 12.7 Å². The lowest BCUT2D eigenvalue weighted by Crippen LogP contribution is -2.43. The lowest BCUT2D eigenvalue weighted by Gasteiger charge is -2.24. The second kappa shape index (κ2) is 9.03. The number of methoxy groups -OCH3 is 1. The quantitative estimate of drug-likeness (QED) is 0.465. The third-order valence-corrected chi connectivity index (χ3v) is 7.31. The van der Waals surface area contributed by atoms with Crippen molar-refractivity contribution >= 4 is 23.2 Å². The van der Waals surface area contributed by atoms with Gasteiger partial charge < -0.3 is 29.2 Å². The summed E-state index contributed by atoms with van der Waals surface area (Å²) in [6, 6.07) is 16.3. The first kappa shape index (κ1) is 23.2. The topological polar surface area (TPSA) is 86.3 Å². The minimum Gasteiger partial charge on any atom is -0.497 e. The molecule has 2 amide bonds. The summed E-state index contributed by atoms with van der Waals surface area (Å²) >= 11 is 0. The van der Waals surface area contributed by atoms with Crippen LogP contribution in [0.3, 0.4) is 0 Å². The first-order valence-corrected chi connectivity index (χ1v) is 12.5. The van der Waals surface area contributed by atoms with Crippen molar-refractivity contribution in [3.8, 4) is 23.0 Å². The van der Waals surface area contributed by atoms with Crippen LogP contribution in [0, 0.1) is 0 Å². The predicted molar refractivity (Wildman–Crippen MR) is 138 cm³/mol. The van der Waals surface area contributed by atoms with Crippen LogP contribution in [-0.2, 0) is 10.2 Å². The van der Waals surface area contributed by atoms with Crippen LogP contribution in [0.15, 0.2) is 54.6 Å². The Balaban J connectivity index is 1.48. The Kier molecular flexibility index (Phi) is 5.67. The molecule has 6 rings (SSSR count). The molecule has 0 fully saturated rings. The molecule has 0 aliphatic carbocycles. The van der Waals surface area contributed by atoms with E-state index in [1.54, 1.807) is 31.4 Å². The van der Waals surface area contributed by atoms with Gasteiger partial charge >= 0.3 is 0 Å². The zero-order valence-electron chi connectivity index (χ0n) is 20.8. The molecule has 0 saturated heterocycles. The van der Waals surface area contributed by atoms with Crippen molar-refractivity contribution in [3.05, 3.63) is 71.3 Å². The molecule has 8 heteroatoms. The van der Waals surface area contributed by atoms with Crippen molar-refractivity contribution in [2.24, 2.45) is 0 Å². The summed E-state index contributed by atoms with van der Waals surface area (Å²) in [5.74, 6) is 1.98. The molecule has 3 heterocycles. The lowest BCUT2D eigenvalue weighted by molar-refractivity contribution is -0.122. The molecule has 3 aliphatic heterocycles. The number of nitrogens with one attached hydrogen (secondary N) is 1. The Morgan fingerprint density at radius 3 is 2.65 bits per heavy atom. The van der Waals surface area contributed by atoms with E-state index in [0.717, 1.165) is 24.9 Å². The Morgan fingerprint density at radius 2 is 1.84 bits per heavy atom. The monoisotopic (exact) mass is 500 g/mol. The van der Waals surface area contributed by atoms with E-state index in [2.05, 4.69) is 12.2 Å². The van der Waals surface area contributed by atoms with Crippen molar-refractivity contribution in [3.63, 3.8) is 0 Å². The van der Waals surface area contributed by atoms with E-state index in [1.165, 1.54) is 0 Å². The van der Waals surface area contributed by atoms with Gasteiger partial charge in [-0.3, -0.25) is 9.59 Å². The molecule has 37 heavy (non-hydrogen) atoms. The van der Waals surface area contributed by atoms with Gasteiger partial charge in [0.25, 0.3) is 5.91 Å². The van der Waals surface area contributed by atoms with Gasteiger partial charge in [0.05, 0.1) is 7.11 Å². The lowest BCUT2D eigenvalue weighted by atomic mass is 9.75. The number of unbranched alkanes of at least 4 members (excludes halogenated alkanes) is 2. The van der Waals surface area contributed by atoms with Gasteiger partial charge in [-0.15, -0.1) is 0 Å².